The molecule has 1 aliphatic carbocycles. The molecule has 1 rings (SSSR count). The molecule has 1 aliphatic rings. The fraction of sp³-hybridized carbons (Fsp3) is 0.300. The summed E-state index contributed by atoms with van der Waals surface area (Å²) in [6.45, 7) is 1.94. The van der Waals surface area contributed by atoms with E-state index in [-0.39, 0.29) is 5.78 Å². The van der Waals surface area contributed by atoms with Gasteiger partial charge in [0.1, 0.15) is 0 Å². The predicted molar refractivity (Wildman–Crippen MR) is 47.6 cm³/mol. The number of hydrogen-bond acceptors (Lipinski definition) is 2. The van der Waals surface area contributed by atoms with Crippen molar-refractivity contribution in [1.29, 1.82) is 0 Å². The fourth-order valence-corrected chi connectivity index (χ4v) is 1.08. The van der Waals surface area contributed by atoms with Crippen LogP contribution in [0.5, 0.6) is 0 Å². The summed E-state index contributed by atoms with van der Waals surface area (Å²) >= 11 is 0. The lowest BCUT2D eigenvalue weighted by molar-refractivity contribution is -0.117. The Morgan fingerprint density at radius 3 is 2.92 bits per heavy atom. The first-order chi connectivity index (χ1) is 5.77. The molecule has 64 valence electrons. The van der Waals surface area contributed by atoms with Crippen molar-refractivity contribution in [3.63, 3.8) is 0 Å². The standard InChI is InChI=1S/C10H12O2/c1-3-4-8-5-6-9(11)10(7-8)12-2/h3-5,7H,6H2,1-2H3/b4-3+. The highest BCUT2D eigenvalue weighted by Gasteiger charge is 2.12. The molecule has 0 atom stereocenters. The number of ether oxygens (including phenoxy) is 1. The van der Waals surface area contributed by atoms with Crippen LogP contribution in [-0.2, 0) is 9.53 Å². The molecule has 0 radical (unpaired) electrons. The molecule has 0 spiro atoms. The van der Waals surface area contributed by atoms with E-state index in [1.165, 1.54) is 7.11 Å². The zero-order chi connectivity index (χ0) is 8.97. The first kappa shape index (κ1) is 8.78. The Morgan fingerprint density at radius 1 is 1.58 bits per heavy atom. The van der Waals surface area contributed by atoms with Gasteiger partial charge in [-0.05, 0) is 18.6 Å². The quantitative estimate of drug-likeness (QED) is 0.624. The van der Waals surface area contributed by atoms with Gasteiger partial charge >= 0.3 is 0 Å². The van der Waals surface area contributed by atoms with Crippen molar-refractivity contribution in [3.8, 4) is 0 Å². The second kappa shape index (κ2) is 3.90. The van der Waals surface area contributed by atoms with Crippen molar-refractivity contribution in [3.05, 3.63) is 35.6 Å². The minimum Gasteiger partial charge on any atom is -0.493 e. The predicted octanol–water partition coefficient (Wildman–Crippen LogP) is 1.99. The van der Waals surface area contributed by atoms with E-state index in [4.69, 9.17) is 4.74 Å². The van der Waals surface area contributed by atoms with Gasteiger partial charge < -0.3 is 4.74 Å². The summed E-state index contributed by atoms with van der Waals surface area (Å²) < 4.78 is 4.92. The van der Waals surface area contributed by atoms with Gasteiger partial charge in [-0.2, -0.15) is 0 Å². The lowest BCUT2D eigenvalue weighted by atomic mass is 10.0. The molecule has 2 nitrogen and oxygen atoms in total. The van der Waals surface area contributed by atoms with E-state index >= 15 is 0 Å². The number of carbonyl (C=O) groups is 1. The van der Waals surface area contributed by atoms with Crippen molar-refractivity contribution in [2.24, 2.45) is 0 Å². The van der Waals surface area contributed by atoms with E-state index in [1.54, 1.807) is 6.08 Å². The average molecular weight is 164 g/mol. The van der Waals surface area contributed by atoms with Gasteiger partial charge in [-0.15, -0.1) is 0 Å². The molecule has 12 heavy (non-hydrogen) atoms. The molecule has 0 fully saturated rings. The van der Waals surface area contributed by atoms with Gasteiger partial charge in [-0.25, -0.2) is 0 Å². The number of hydrogen-bond donors (Lipinski definition) is 0. The molecule has 0 aromatic heterocycles. The van der Waals surface area contributed by atoms with E-state index in [0.717, 1.165) is 5.57 Å². The van der Waals surface area contributed by atoms with Gasteiger partial charge in [0.25, 0.3) is 0 Å². The van der Waals surface area contributed by atoms with Gasteiger partial charge in [-0.3, -0.25) is 4.79 Å². The molecule has 0 aliphatic heterocycles. The second-order valence-electron chi connectivity index (χ2n) is 2.54. The highest BCUT2D eigenvalue weighted by molar-refractivity contribution is 5.96. The fourth-order valence-electron chi connectivity index (χ4n) is 1.08. The lowest BCUT2D eigenvalue weighted by Crippen LogP contribution is -2.07. The van der Waals surface area contributed by atoms with Crippen LogP contribution in [-0.4, -0.2) is 12.9 Å². The van der Waals surface area contributed by atoms with Gasteiger partial charge in [-0.1, -0.05) is 18.2 Å². The summed E-state index contributed by atoms with van der Waals surface area (Å²) in [5.74, 6) is 0.497. The van der Waals surface area contributed by atoms with Crippen LogP contribution in [0.2, 0.25) is 0 Å². The van der Waals surface area contributed by atoms with Crippen molar-refractivity contribution in [2.45, 2.75) is 13.3 Å². The maximum Gasteiger partial charge on any atom is 0.201 e. The van der Waals surface area contributed by atoms with Gasteiger partial charge in [0.05, 0.1) is 7.11 Å². The van der Waals surface area contributed by atoms with Gasteiger partial charge in [0, 0.05) is 6.42 Å². The molecule has 0 aromatic rings. The summed E-state index contributed by atoms with van der Waals surface area (Å²) in [6.07, 6.45) is 7.98. The Bertz CT molecular complexity index is 270. The molecule has 0 amide bonds. The topological polar surface area (TPSA) is 26.3 Å². The third-order valence-corrected chi connectivity index (χ3v) is 1.67. The molecular formula is C10H12O2. The van der Waals surface area contributed by atoms with Crippen molar-refractivity contribution in [1.82, 2.24) is 0 Å². The van der Waals surface area contributed by atoms with Crippen molar-refractivity contribution >= 4 is 5.78 Å². The van der Waals surface area contributed by atoms with Crippen LogP contribution in [0.1, 0.15) is 13.3 Å². The number of rotatable bonds is 2. The first-order valence-electron chi connectivity index (χ1n) is 3.89. The van der Waals surface area contributed by atoms with E-state index < -0.39 is 0 Å². The van der Waals surface area contributed by atoms with Crippen LogP contribution in [0.3, 0.4) is 0 Å². The summed E-state index contributed by atoms with van der Waals surface area (Å²) in [5, 5.41) is 0. The van der Waals surface area contributed by atoms with Crippen LogP contribution in [0.15, 0.2) is 35.6 Å². The molecule has 0 N–H and O–H groups in total. The van der Waals surface area contributed by atoms with Gasteiger partial charge in [0.15, 0.2) is 5.76 Å². The zero-order valence-electron chi connectivity index (χ0n) is 7.33. The lowest BCUT2D eigenvalue weighted by Gasteiger charge is -2.08. The zero-order valence-corrected chi connectivity index (χ0v) is 7.33. The summed E-state index contributed by atoms with van der Waals surface area (Å²) in [5.41, 5.74) is 1.04. The maximum absolute atomic E-state index is 11.1. The molecule has 0 saturated heterocycles. The van der Waals surface area contributed by atoms with Crippen LogP contribution >= 0.6 is 0 Å². The Hall–Kier alpha value is -1.31. The highest BCUT2D eigenvalue weighted by atomic mass is 16.5. The summed E-state index contributed by atoms with van der Waals surface area (Å²) in [4.78, 5) is 11.1. The smallest absolute Gasteiger partial charge is 0.201 e. The molecule has 0 aromatic carbocycles. The van der Waals surface area contributed by atoms with Crippen LogP contribution in [0.25, 0.3) is 0 Å². The van der Waals surface area contributed by atoms with E-state index in [9.17, 15) is 4.79 Å². The molecule has 0 bridgehead atoms. The SMILES string of the molecule is C/C=C/C1=CCC(=O)C(OC)=C1. The largest absolute Gasteiger partial charge is 0.493 e. The molecule has 0 heterocycles. The van der Waals surface area contributed by atoms with Crippen molar-refractivity contribution < 1.29 is 9.53 Å². The monoisotopic (exact) mass is 164 g/mol. The Labute approximate surface area is 72.2 Å². The molecule has 2 heteroatoms. The van der Waals surface area contributed by atoms with Gasteiger partial charge in [0.2, 0.25) is 5.78 Å². The number of methoxy groups -OCH3 is 1. The van der Waals surface area contributed by atoms with E-state index in [0.29, 0.717) is 12.2 Å². The minimum absolute atomic E-state index is 0.0470. The minimum atomic E-state index is 0.0470. The van der Waals surface area contributed by atoms with E-state index in [1.807, 2.05) is 25.2 Å². The number of Topliss-reactive ketones (excluding diaryl/α,β-unsaturated/α-hetero) is 1. The Morgan fingerprint density at radius 2 is 2.33 bits per heavy atom. The summed E-state index contributed by atoms with van der Waals surface area (Å²) in [6, 6.07) is 0. The normalized spacial score (nSPS) is 17.7. The summed E-state index contributed by atoms with van der Waals surface area (Å²) in [7, 11) is 1.52. The second-order valence-corrected chi connectivity index (χ2v) is 2.54. The average Bonchev–Trinajstić information content (AvgIpc) is 2.09. The molecule has 0 saturated carbocycles. The number of carbonyl (C=O) groups excluding carboxylic acids is 1. The van der Waals surface area contributed by atoms with Crippen molar-refractivity contribution in [2.75, 3.05) is 7.11 Å². The third kappa shape index (κ3) is 1.84. The Kier molecular flexibility index (Phi) is 2.86. The third-order valence-electron chi connectivity index (χ3n) is 1.67. The van der Waals surface area contributed by atoms with Crippen LogP contribution in [0, 0.1) is 0 Å². The van der Waals surface area contributed by atoms with E-state index in [2.05, 4.69) is 0 Å². The highest BCUT2D eigenvalue weighted by Crippen LogP contribution is 2.15. The number of ketones is 1. The Balaban J connectivity index is 2.84. The van der Waals surface area contributed by atoms with Crippen LogP contribution in [0.4, 0.5) is 0 Å². The number of allylic oxidation sites excluding steroid dienone is 6. The first-order valence-corrected chi connectivity index (χ1v) is 3.89. The molecule has 0 unspecified atom stereocenters. The maximum atomic E-state index is 11.1. The molecular weight excluding hydrogens is 152 g/mol. The van der Waals surface area contributed by atoms with Crippen LogP contribution < -0.4 is 0 Å².